The molecule has 136 valence electrons. The minimum absolute atomic E-state index is 0.0113. The molecule has 1 amide bonds. The van der Waals surface area contributed by atoms with Crippen LogP contribution < -0.4 is 5.56 Å². The van der Waals surface area contributed by atoms with Crippen LogP contribution in [0.4, 0.5) is 0 Å². The highest BCUT2D eigenvalue weighted by molar-refractivity contribution is 7.71. The van der Waals surface area contributed by atoms with E-state index in [0.717, 1.165) is 24.8 Å². The van der Waals surface area contributed by atoms with Gasteiger partial charge in [0.1, 0.15) is 0 Å². The Morgan fingerprint density at radius 2 is 2.04 bits per heavy atom. The van der Waals surface area contributed by atoms with Crippen LogP contribution in [-0.2, 0) is 11.3 Å². The summed E-state index contributed by atoms with van der Waals surface area (Å²) in [6.07, 6.45) is 2.86. The summed E-state index contributed by atoms with van der Waals surface area (Å²) in [5.41, 5.74) is 0.679. The van der Waals surface area contributed by atoms with Gasteiger partial charge in [0.15, 0.2) is 4.77 Å². The number of unbranched alkanes of at least 4 members (excludes halogenated alkanes) is 2. The molecule has 2 aromatic rings. The predicted molar refractivity (Wildman–Crippen MR) is 101 cm³/mol. The first-order valence-corrected chi connectivity index (χ1v) is 9.09. The molecule has 0 unspecified atom stereocenters. The fourth-order valence-corrected chi connectivity index (χ4v) is 3.15. The van der Waals surface area contributed by atoms with Crippen molar-refractivity contribution < 1.29 is 9.90 Å². The maximum atomic E-state index is 12.5. The van der Waals surface area contributed by atoms with Crippen molar-refractivity contribution in [3.8, 4) is 0 Å². The maximum absolute atomic E-state index is 12.5. The summed E-state index contributed by atoms with van der Waals surface area (Å²) in [6.45, 7) is 3.43. The molecule has 1 heterocycles. The molecule has 0 aliphatic heterocycles. The van der Waals surface area contributed by atoms with Gasteiger partial charge >= 0.3 is 0 Å². The molecule has 0 radical (unpaired) electrons. The second-order valence-electron chi connectivity index (χ2n) is 5.94. The lowest BCUT2D eigenvalue weighted by molar-refractivity contribution is -0.131. The van der Waals surface area contributed by atoms with Crippen molar-refractivity contribution in [1.29, 1.82) is 0 Å². The van der Waals surface area contributed by atoms with Gasteiger partial charge in [0, 0.05) is 26.1 Å². The number of likely N-dealkylation sites (N-methyl/N-ethyl adjacent to an activating group) is 1. The molecule has 0 saturated heterocycles. The predicted octanol–water partition coefficient (Wildman–Crippen LogP) is 2.46. The Morgan fingerprint density at radius 1 is 1.28 bits per heavy atom. The molecule has 1 aromatic carbocycles. The molecule has 0 aliphatic rings. The Hall–Kier alpha value is -1.99. The van der Waals surface area contributed by atoms with E-state index in [1.54, 1.807) is 15.5 Å². The first kappa shape index (κ1) is 19.3. The third-order valence-corrected chi connectivity index (χ3v) is 4.59. The largest absolute Gasteiger partial charge is 0.395 e. The zero-order valence-electron chi connectivity index (χ0n) is 14.5. The number of aromatic nitrogens is 2. The van der Waals surface area contributed by atoms with Crippen molar-refractivity contribution in [1.82, 2.24) is 14.5 Å². The van der Waals surface area contributed by atoms with Gasteiger partial charge in [0.25, 0.3) is 5.56 Å². The molecule has 0 fully saturated rings. The smallest absolute Gasteiger partial charge is 0.262 e. The standard InChI is InChI=1S/C18H25N3O3S/c1-2-20(12-13-22)16(23)10-4-3-7-11-21-17(24)14-8-5-6-9-15(14)19-18(21)25/h5-6,8-9,22H,2-4,7,10-13H2,1H3,(H,19,25). The number of carbonyl (C=O) groups excluding carboxylic acids is 1. The van der Waals surface area contributed by atoms with Gasteiger partial charge in [-0.2, -0.15) is 0 Å². The van der Waals surface area contributed by atoms with Gasteiger partial charge in [0.2, 0.25) is 5.91 Å². The van der Waals surface area contributed by atoms with Crippen molar-refractivity contribution in [3.05, 3.63) is 39.4 Å². The first-order valence-electron chi connectivity index (χ1n) is 8.69. The molecule has 0 bridgehead atoms. The van der Waals surface area contributed by atoms with Crippen molar-refractivity contribution in [3.63, 3.8) is 0 Å². The molecule has 0 spiro atoms. The van der Waals surface area contributed by atoms with Crippen LogP contribution in [0.1, 0.15) is 32.6 Å². The molecule has 0 saturated carbocycles. The molecule has 2 rings (SSSR count). The van der Waals surface area contributed by atoms with E-state index in [9.17, 15) is 9.59 Å². The van der Waals surface area contributed by atoms with E-state index >= 15 is 0 Å². The summed E-state index contributed by atoms with van der Waals surface area (Å²) in [6, 6.07) is 7.33. The highest BCUT2D eigenvalue weighted by Crippen LogP contribution is 2.08. The van der Waals surface area contributed by atoms with Crippen LogP contribution >= 0.6 is 12.2 Å². The zero-order chi connectivity index (χ0) is 18.2. The second-order valence-corrected chi connectivity index (χ2v) is 6.33. The lowest BCUT2D eigenvalue weighted by atomic mass is 10.1. The van der Waals surface area contributed by atoms with Crippen LogP contribution in [0.3, 0.4) is 0 Å². The van der Waals surface area contributed by atoms with Gasteiger partial charge in [-0.3, -0.25) is 14.2 Å². The minimum Gasteiger partial charge on any atom is -0.395 e. The van der Waals surface area contributed by atoms with Gasteiger partial charge in [-0.05, 0) is 44.1 Å². The topological polar surface area (TPSA) is 78.3 Å². The molecule has 1 aromatic heterocycles. The monoisotopic (exact) mass is 363 g/mol. The number of aliphatic hydroxyl groups excluding tert-OH is 1. The molecular weight excluding hydrogens is 338 g/mol. The number of amides is 1. The van der Waals surface area contributed by atoms with Crippen LogP contribution in [-0.4, -0.2) is 45.2 Å². The number of nitrogens with zero attached hydrogens (tertiary/aromatic N) is 2. The number of carbonyl (C=O) groups is 1. The number of hydrogen-bond donors (Lipinski definition) is 2. The van der Waals surface area contributed by atoms with E-state index in [1.807, 2.05) is 25.1 Å². The average Bonchev–Trinajstić information content (AvgIpc) is 2.61. The maximum Gasteiger partial charge on any atom is 0.262 e. The Balaban J connectivity index is 1.88. The van der Waals surface area contributed by atoms with Gasteiger partial charge in [-0.25, -0.2) is 0 Å². The Kier molecular flexibility index (Phi) is 7.33. The lowest BCUT2D eigenvalue weighted by Gasteiger charge is -2.19. The van der Waals surface area contributed by atoms with E-state index in [2.05, 4.69) is 4.98 Å². The van der Waals surface area contributed by atoms with Gasteiger partial charge in [-0.1, -0.05) is 18.6 Å². The molecule has 6 nitrogen and oxygen atoms in total. The van der Waals surface area contributed by atoms with Crippen LogP contribution in [0.5, 0.6) is 0 Å². The summed E-state index contributed by atoms with van der Waals surface area (Å²) in [5, 5.41) is 9.57. The van der Waals surface area contributed by atoms with Gasteiger partial charge in [-0.15, -0.1) is 0 Å². The van der Waals surface area contributed by atoms with Crippen LogP contribution in [0, 0.1) is 4.77 Å². The van der Waals surface area contributed by atoms with E-state index in [1.165, 1.54) is 0 Å². The third-order valence-electron chi connectivity index (χ3n) is 4.27. The number of hydrogen-bond acceptors (Lipinski definition) is 4. The van der Waals surface area contributed by atoms with Crippen molar-refractivity contribution >= 4 is 29.0 Å². The van der Waals surface area contributed by atoms with Crippen molar-refractivity contribution in [2.24, 2.45) is 0 Å². The van der Waals surface area contributed by atoms with E-state index in [-0.39, 0.29) is 18.1 Å². The molecule has 25 heavy (non-hydrogen) atoms. The van der Waals surface area contributed by atoms with Crippen LogP contribution in [0.2, 0.25) is 0 Å². The normalized spacial score (nSPS) is 11.0. The van der Waals surface area contributed by atoms with Crippen molar-refractivity contribution in [2.75, 3.05) is 19.7 Å². The quantitative estimate of drug-likeness (QED) is 0.530. The molecular formula is C18H25N3O3S. The highest BCUT2D eigenvalue weighted by atomic mass is 32.1. The number of aromatic amines is 1. The second kappa shape index (κ2) is 9.48. The van der Waals surface area contributed by atoms with E-state index in [4.69, 9.17) is 17.3 Å². The summed E-state index contributed by atoms with van der Waals surface area (Å²) in [5.74, 6) is 0.0664. The summed E-state index contributed by atoms with van der Waals surface area (Å²) in [7, 11) is 0. The van der Waals surface area contributed by atoms with Gasteiger partial charge in [0.05, 0.1) is 17.5 Å². The highest BCUT2D eigenvalue weighted by Gasteiger charge is 2.10. The number of H-pyrrole nitrogens is 1. The van der Waals surface area contributed by atoms with E-state index in [0.29, 0.717) is 36.2 Å². The van der Waals surface area contributed by atoms with Crippen LogP contribution in [0.25, 0.3) is 10.9 Å². The summed E-state index contributed by atoms with van der Waals surface area (Å²) < 4.78 is 2.02. The Labute approximate surface area is 152 Å². The molecule has 0 aliphatic carbocycles. The fourth-order valence-electron chi connectivity index (χ4n) is 2.86. The summed E-state index contributed by atoms with van der Waals surface area (Å²) >= 11 is 5.29. The SMILES string of the molecule is CCN(CCO)C(=O)CCCCCn1c(=S)[nH]c2ccccc2c1=O. The average molecular weight is 363 g/mol. The molecule has 2 N–H and O–H groups in total. The zero-order valence-corrected chi connectivity index (χ0v) is 15.3. The number of nitrogens with one attached hydrogen (secondary N) is 1. The fraction of sp³-hybridized carbons (Fsp3) is 0.500. The summed E-state index contributed by atoms with van der Waals surface area (Å²) in [4.78, 5) is 29.2. The van der Waals surface area contributed by atoms with Gasteiger partial charge < -0.3 is 15.0 Å². The first-order chi connectivity index (χ1) is 12.1. The minimum atomic E-state index is -0.0736. The molecule has 0 atom stereocenters. The number of para-hydroxylation sites is 1. The molecule has 7 heteroatoms. The Bertz CT molecular complexity index is 828. The van der Waals surface area contributed by atoms with Crippen molar-refractivity contribution in [2.45, 2.75) is 39.2 Å². The third kappa shape index (κ3) is 4.99. The number of rotatable bonds is 9. The Morgan fingerprint density at radius 3 is 2.76 bits per heavy atom. The van der Waals surface area contributed by atoms with Crippen LogP contribution in [0.15, 0.2) is 29.1 Å². The number of benzene rings is 1. The van der Waals surface area contributed by atoms with E-state index < -0.39 is 0 Å². The number of fused-ring (bicyclic) bond motifs is 1. The lowest BCUT2D eigenvalue weighted by Crippen LogP contribution is -2.33. The number of aliphatic hydroxyl groups is 1.